The van der Waals surface area contributed by atoms with Crippen molar-refractivity contribution >= 4 is 5.97 Å². The average molecular weight is 234 g/mol. The Morgan fingerprint density at radius 1 is 1.53 bits per heavy atom. The molecule has 0 saturated carbocycles. The van der Waals surface area contributed by atoms with Crippen molar-refractivity contribution in [2.45, 2.75) is 38.5 Å². The third-order valence-electron chi connectivity index (χ3n) is 3.20. The van der Waals surface area contributed by atoms with Crippen LogP contribution in [0.5, 0.6) is 5.75 Å². The zero-order valence-electron chi connectivity index (χ0n) is 10.1. The Labute approximate surface area is 101 Å². The molecule has 1 N–H and O–H groups in total. The Morgan fingerprint density at radius 2 is 2.35 bits per heavy atom. The summed E-state index contributed by atoms with van der Waals surface area (Å²) in [5.41, 5.74) is 2.10. The van der Waals surface area contributed by atoms with Crippen LogP contribution in [-0.2, 0) is 11.2 Å². The number of hydrogen-bond acceptors (Lipinski definition) is 2. The molecule has 0 spiro atoms. The lowest BCUT2D eigenvalue weighted by Crippen LogP contribution is -2.18. The van der Waals surface area contributed by atoms with Crippen molar-refractivity contribution < 1.29 is 14.6 Å². The van der Waals surface area contributed by atoms with E-state index in [-0.39, 0.29) is 5.92 Å². The largest absolute Gasteiger partial charge is 0.494 e. The fraction of sp³-hybridized carbons (Fsp3) is 0.500. The molecule has 0 saturated heterocycles. The smallest absolute Gasteiger partial charge is 0.310 e. The van der Waals surface area contributed by atoms with Gasteiger partial charge in [-0.15, -0.1) is 0 Å². The Bertz CT molecular complexity index is 412. The predicted octanol–water partition coefficient (Wildman–Crippen LogP) is 2.98. The van der Waals surface area contributed by atoms with Crippen LogP contribution in [0.4, 0.5) is 0 Å². The number of carboxylic acids is 1. The summed E-state index contributed by atoms with van der Waals surface area (Å²) >= 11 is 0. The summed E-state index contributed by atoms with van der Waals surface area (Å²) in [5.74, 6) is -0.290. The van der Waals surface area contributed by atoms with Crippen molar-refractivity contribution in [3.63, 3.8) is 0 Å². The zero-order valence-corrected chi connectivity index (χ0v) is 10.1. The summed E-state index contributed by atoms with van der Waals surface area (Å²) in [4.78, 5) is 11.2. The highest BCUT2D eigenvalue weighted by atomic mass is 16.5. The monoisotopic (exact) mass is 234 g/mol. The Morgan fingerprint density at radius 3 is 3.06 bits per heavy atom. The molecule has 1 atom stereocenters. The number of carbonyl (C=O) groups is 1. The van der Waals surface area contributed by atoms with Crippen LogP contribution >= 0.6 is 0 Å². The van der Waals surface area contributed by atoms with Gasteiger partial charge in [0, 0.05) is 0 Å². The van der Waals surface area contributed by atoms with Crippen LogP contribution in [0.1, 0.15) is 43.2 Å². The van der Waals surface area contributed by atoms with Gasteiger partial charge in [-0.25, -0.2) is 0 Å². The lowest BCUT2D eigenvalue weighted by molar-refractivity contribution is -0.139. The predicted molar refractivity (Wildman–Crippen MR) is 65.5 cm³/mol. The second kappa shape index (κ2) is 5.21. The van der Waals surface area contributed by atoms with E-state index in [9.17, 15) is 9.90 Å². The first kappa shape index (κ1) is 12.0. The summed E-state index contributed by atoms with van der Waals surface area (Å²) < 4.78 is 5.56. The number of benzene rings is 1. The molecule has 3 heteroatoms. The van der Waals surface area contributed by atoms with Gasteiger partial charge in [0.25, 0.3) is 0 Å². The topological polar surface area (TPSA) is 46.5 Å². The van der Waals surface area contributed by atoms with E-state index in [1.807, 2.05) is 18.2 Å². The van der Waals surface area contributed by atoms with Gasteiger partial charge >= 0.3 is 5.97 Å². The van der Waals surface area contributed by atoms with E-state index in [1.165, 1.54) is 0 Å². The third kappa shape index (κ3) is 2.60. The maximum Gasteiger partial charge on any atom is 0.310 e. The van der Waals surface area contributed by atoms with Gasteiger partial charge in [-0.1, -0.05) is 13.0 Å². The van der Waals surface area contributed by atoms with Crippen LogP contribution in [0, 0.1) is 0 Å². The maximum atomic E-state index is 11.2. The van der Waals surface area contributed by atoms with E-state index < -0.39 is 5.97 Å². The summed E-state index contributed by atoms with van der Waals surface area (Å²) in [5, 5.41) is 9.21. The number of hydrogen-bond donors (Lipinski definition) is 1. The SMILES string of the molecule is CCCOc1ccc2c(c1)C(C(=O)O)CCC2. The molecule has 1 aliphatic rings. The van der Waals surface area contributed by atoms with Crippen LogP contribution in [0.2, 0.25) is 0 Å². The maximum absolute atomic E-state index is 11.2. The van der Waals surface area contributed by atoms with Crippen molar-refractivity contribution in [1.29, 1.82) is 0 Å². The molecular weight excluding hydrogens is 216 g/mol. The molecule has 1 unspecified atom stereocenters. The van der Waals surface area contributed by atoms with Gasteiger partial charge in [-0.2, -0.15) is 0 Å². The van der Waals surface area contributed by atoms with Crippen molar-refractivity contribution in [3.05, 3.63) is 29.3 Å². The van der Waals surface area contributed by atoms with E-state index >= 15 is 0 Å². The van der Waals surface area contributed by atoms with Crippen LogP contribution in [0.3, 0.4) is 0 Å². The zero-order chi connectivity index (χ0) is 12.3. The van der Waals surface area contributed by atoms with E-state index in [2.05, 4.69) is 6.92 Å². The summed E-state index contributed by atoms with van der Waals surface area (Å²) in [6, 6.07) is 5.86. The molecule has 2 rings (SSSR count). The number of ether oxygens (including phenoxy) is 1. The first-order valence-corrected chi connectivity index (χ1v) is 6.20. The molecule has 17 heavy (non-hydrogen) atoms. The Balaban J connectivity index is 2.27. The minimum absolute atomic E-state index is 0.357. The van der Waals surface area contributed by atoms with Gasteiger partial charge < -0.3 is 9.84 Å². The molecule has 1 aliphatic carbocycles. The van der Waals surface area contributed by atoms with Gasteiger partial charge in [0.1, 0.15) is 5.75 Å². The molecule has 0 bridgehead atoms. The van der Waals surface area contributed by atoms with Crippen LogP contribution in [0.15, 0.2) is 18.2 Å². The number of carboxylic acid groups (broad SMARTS) is 1. The van der Waals surface area contributed by atoms with Crippen molar-refractivity contribution in [1.82, 2.24) is 0 Å². The number of rotatable bonds is 4. The highest BCUT2D eigenvalue weighted by Crippen LogP contribution is 2.34. The van der Waals surface area contributed by atoms with E-state index in [0.29, 0.717) is 6.61 Å². The molecule has 0 amide bonds. The van der Waals surface area contributed by atoms with Gasteiger partial charge in [-0.05, 0) is 48.9 Å². The summed E-state index contributed by atoms with van der Waals surface area (Å²) in [6.07, 6.45) is 3.63. The van der Waals surface area contributed by atoms with Gasteiger partial charge in [0.15, 0.2) is 0 Å². The highest BCUT2D eigenvalue weighted by molar-refractivity contribution is 5.77. The van der Waals surface area contributed by atoms with E-state index in [1.54, 1.807) is 0 Å². The van der Waals surface area contributed by atoms with Crippen molar-refractivity contribution in [3.8, 4) is 5.75 Å². The molecule has 0 aromatic heterocycles. The minimum atomic E-state index is -0.724. The third-order valence-corrected chi connectivity index (χ3v) is 3.20. The molecule has 1 aromatic carbocycles. The fourth-order valence-electron chi connectivity index (χ4n) is 2.34. The lowest BCUT2D eigenvalue weighted by atomic mass is 9.83. The van der Waals surface area contributed by atoms with Gasteiger partial charge in [0.05, 0.1) is 12.5 Å². The van der Waals surface area contributed by atoms with Crippen molar-refractivity contribution in [2.24, 2.45) is 0 Å². The molecule has 0 heterocycles. The molecule has 0 fully saturated rings. The lowest BCUT2D eigenvalue weighted by Gasteiger charge is -2.23. The summed E-state index contributed by atoms with van der Waals surface area (Å²) in [7, 11) is 0. The van der Waals surface area contributed by atoms with Gasteiger partial charge in [0.2, 0.25) is 0 Å². The van der Waals surface area contributed by atoms with E-state index in [0.717, 1.165) is 42.6 Å². The average Bonchev–Trinajstić information content (AvgIpc) is 2.35. The molecule has 92 valence electrons. The number of fused-ring (bicyclic) bond motifs is 1. The minimum Gasteiger partial charge on any atom is -0.494 e. The van der Waals surface area contributed by atoms with Gasteiger partial charge in [-0.3, -0.25) is 4.79 Å². The number of aliphatic carboxylic acids is 1. The van der Waals surface area contributed by atoms with Crippen LogP contribution < -0.4 is 4.74 Å². The highest BCUT2D eigenvalue weighted by Gasteiger charge is 2.26. The molecular formula is C14H18O3. The quantitative estimate of drug-likeness (QED) is 0.871. The second-order valence-electron chi connectivity index (χ2n) is 4.49. The van der Waals surface area contributed by atoms with E-state index in [4.69, 9.17) is 4.74 Å². The molecule has 0 radical (unpaired) electrons. The van der Waals surface area contributed by atoms with Crippen LogP contribution in [0.25, 0.3) is 0 Å². The second-order valence-corrected chi connectivity index (χ2v) is 4.49. The Kier molecular flexibility index (Phi) is 3.67. The Hall–Kier alpha value is -1.51. The molecule has 3 nitrogen and oxygen atoms in total. The first-order chi connectivity index (χ1) is 8.22. The fourth-order valence-corrected chi connectivity index (χ4v) is 2.34. The molecule has 1 aromatic rings. The summed E-state index contributed by atoms with van der Waals surface area (Å²) in [6.45, 7) is 2.73. The standard InChI is InChI=1S/C14H18O3/c1-2-8-17-11-7-6-10-4-3-5-12(14(15)16)13(10)9-11/h6-7,9,12H,2-5,8H2,1H3,(H,15,16). The van der Waals surface area contributed by atoms with Crippen LogP contribution in [-0.4, -0.2) is 17.7 Å². The number of aryl methyl sites for hydroxylation is 1. The molecule has 0 aliphatic heterocycles. The first-order valence-electron chi connectivity index (χ1n) is 6.20. The normalized spacial score (nSPS) is 18.5. The van der Waals surface area contributed by atoms with Crippen molar-refractivity contribution in [2.75, 3.05) is 6.61 Å².